The van der Waals surface area contributed by atoms with E-state index in [-0.39, 0.29) is 6.61 Å². The van der Waals surface area contributed by atoms with Crippen molar-refractivity contribution in [2.75, 3.05) is 39.3 Å². The third kappa shape index (κ3) is 4.24. The van der Waals surface area contributed by atoms with Crippen LogP contribution in [0.25, 0.3) is 0 Å². The molecule has 0 aliphatic rings. The number of methoxy groups -OCH3 is 1. The van der Waals surface area contributed by atoms with Crippen molar-refractivity contribution >= 4 is 5.69 Å². The van der Waals surface area contributed by atoms with Gasteiger partial charge in [-0.3, -0.25) is 0 Å². The molecule has 1 aromatic carbocycles. The van der Waals surface area contributed by atoms with Gasteiger partial charge in [0.2, 0.25) is 0 Å². The van der Waals surface area contributed by atoms with Gasteiger partial charge in [0.25, 0.3) is 0 Å². The standard InChI is InChI=1S/C13H22N2O2/c1-15(2)12-6-5-11(9-13(12)17-3)10-14-7-4-8-16/h5-6,9,14,16H,4,7-8,10H2,1-3H3. The van der Waals surface area contributed by atoms with E-state index in [4.69, 9.17) is 9.84 Å². The van der Waals surface area contributed by atoms with E-state index < -0.39 is 0 Å². The highest BCUT2D eigenvalue weighted by Crippen LogP contribution is 2.27. The number of hydrogen-bond acceptors (Lipinski definition) is 4. The maximum atomic E-state index is 8.68. The second kappa shape index (κ2) is 7.14. The summed E-state index contributed by atoms with van der Waals surface area (Å²) in [5.74, 6) is 0.886. The van der Waals surface area contributed by atoms with Crippen molar-refractivity contribution in [1.82, 2.24) is 5.32 Å². The van der Waals surface area contributed by atoms with E-state index in [1.807, 2.05) is 25.1 Å². The SMILES string of the molecule is COc1cc(CNCCCO)ccc1N(C)C. The highest BCUT2D eigenvalue weighted by molar-refractivity contribution is 5.58. The average molecular weight is 238 g/mol. The Labute approximate surface area is 103 Å². The van der Waals surface area contributed by atoms with Crippen LogP contribution in [0.15, 0.2) is 18.2 Å². The summed E-state index contributed by atoms with van der Waals surface area (Å²) in [4.78, 5) is 2.03. The van der Waals surface area contributed by atoms with Crippen LogP contribution >= 0.6 is 0 Å². The number of nitrogens with zero attached hydrogens (tertiary/aromatic N) is 1. The second-order valence-corrected chi connectivity index (χ2v) is 4.15. The number of hydrogen-bond donors (Lipinski definition) is 2. The molecule has 1 rings (SSSR count). The Hall–Kier alpha value is -1.26. The molecule has 0 saturated heterocycles. The summed E-state index contributed by atoms with van der Waals surface area (Å²) < 4.78 is 5.37. The zero-order chi connectivity index (χ0) is 12.7. The van der Waals surface area contributed by atoms with Crippen LogP contribution in [-0.4, -0.2) is 39.5 Å². The minimum Gasteiger partial charge on any atom is -0.495 e. The van der Waals surface area contributed by atoms with Gasteiger partial charge in [0.05, 0.1) is 12.8 Å². The lowest BCUT2D eigenvalue weighted by molar-refractivity contribution is 0.286. The minimum atomic E-state index is 0.232. The Balaban J connectivity index is 2.63. The van der Waals surface area contributed by atoms with Crippen LogP contribution in [0.5, 0.6) is 5.75 Å². The Morgan fingerprint density at radius 1 is 1.35 bits per heavy atom. The molecule has 0 saturated carbocycles. The van der Waals surface area contributed by atoms with E-state index in [1.165, 1.54) is 5.56 Å². The summed E-state index contributed by atoms with van der Waals surface area (Å²) in [7, 11) is 5.68. The average Bonchev–Trinajstić information content (AvgIpc) is 2.34. The number of ether oxygens (including phenoxy) is 1. The van der Waals surface area contributed by atoms with Crippen LogP contribution in [0.2, 0.25) is 0 Å². The predicted molar refractivity (Wildman–Crippen MR) is 70.7 cm³/mol. The molecule has 0 aromatic heterocycles. The van der Waals surface area contributed by atoms with Crippen LogP contribution in [0, 0.1) is 0 Å². The molecule has 0 fully saturated rings. The molecule has 0 aliphatic heterocycles. The fraction of sp³-hybridized carbons (Fsp3) is 0.538. The molecule has 0 radical (unpaired) electrons. The van der Waals surface area contributed by atoms with Crippen molar-refractivity contribution in [3.05, 3.63) is 23.8 Å². The fourth-order valence-corrected chi connectivity index (χ4v) is 1.64. The van der Waals surface area contributed by atoms with Gasteiger partial charge < -0.3 is 20.1 Å². The Morgan fingerprint density at radius 3 is 2.71 bits per heavy atom. The molecule has 0 aliphatic carbocycles. The summed E-state index contributed by atoms with van der Waals surface area (Å²) in [5, 5.41) is 12.0. The Morgan fingerprint density at radius 2 is 2.12 bits per heavy atom. The molecule has 4 nitrogen and oxygen atoms in total. The Kier molecular flexibility index (Phi) is 5.80. The van der Waals surface area contributed by atoms with Crippen molar-refractivity contribution in [3.8, 4) is 5.75 Å². The molecule has 0 heterocycles. The van der Waals surface area contributed by atoms with E-state index in [0.717, 1.165) is 30.9 Å². The van der Waals surface area contributed by atoms with E-state index >= 15 is 0 Å². The van der Waals surface area contributed by atoms with Gasteiger partial charge in [0, 0.05) is 27.2 Å². The number of aliphatic hydroxyl groups excluding tert-OH is 1. The first-order chi connectivity index (χ1) is 8.19. The molecule has 0 atom stereocenters. The smallest absolute Gasteiger partial charge is 0.142 e. The van der Waals surface area contributed by atoms with Crippen molar-refractivity contribution in [2.45, 2.75) is 13.0 Å². The van der Waals surface area contributed by atoms with Gasteiger partial charge in [-0.15, -0.1) is 0 Å². The molecule has 0 unspecified atom stereocenters. The van der Waals surface area contributed by atoms with Crippen molar-refractivity contribution in [3.63, 3.8) is 0 Å². The maximum absolute atomic E-state index is 8.68. The first-order valence-corrected chi connectivity index (χ1v) is 5.85. The normalized spacial score (nSPS) is 10.4. The lowest BCUT2D eigenvalue weighted by Crippen LogP contribution is -2.16. The number of anilines is 1. The van der Waals surface area contributed by atoms with Crippen LogP contribution in [0.1, 0.15) is 12.0 Å². The number of aliphatic hydroxyl groups is 1. The third-order valence-corrected chi connectivity index (χ3v) is 2.57. The number of rotatable bonds is 7. The zero-order valence-electron chi connectivity index (χ0n) is 10.9. The molecule has 17 heavy (non-hydrogen) atoms. The lowest BCUT2D eigenvalue weighted by Gasteiger charge is -2.17. The predicted octanol–water partition coefficient (Wildman–Crippen LogP) is 1.23. The largest absolute Gasteiger partial charge is 0.495 e. The topological polar surface area (TPSA) is 44.7 Å². The van der Waals surface area contributed by atoms with E-state index in [9.17, 15) is 0 Å². The summed E-state index contributed by atoms with van der Waals surface area (Å²) >= 11 is 0. The summed E-state index contributed by atoms with van der Waals surface area (Å²) in [6.07, 6.45) is 0.785. The quantitative estimate of drug-likeness (QED) is 0.701. The number of benzene rings is 1. The molecule has 1 aromatic rings. The first-order valence-electron chi connectivity index (χ1n) is 5.85. The molecule has 0 spiro atoms. The maximum Gasteiger partial charge on any atom is 0.142 e. The van der Waals surface area contributed by atoms with Gasteiger partial charge in [-0.1, -0.05) is 6.07 Å². The van der Waals surface area contributed by atoms with Crippen LogP contribution in [-0.2, 0) is 6.54 Å². The summed E-state index contributed by atoms with van der Waals surface area (Å²) in [5.41, 5.74) is 2.26. The number of nitrogens with one attached hydrogen (secondary N) is 1. The zero-order valence-corrected chi connectivity index (χ0v) is 10.9. The van der Waals surface area contributed by atoms with E-state index in [0.29, 0.717) is 0 Å². The Bertz CT molecular complexity index is 340. The van der Waals surface area contributed by atoms with Gasteiger partial charge in [-0.05, 0) is 30.7 Å². The molecule has 0 bridgehead atoms. The fourth-order valence-electron chi connectivity index (χ4n) is 1.64. The van der Waals surface area contributed by atoms with Crippen molar-refractivity contribution in [2.24, 2.45) is 0 Å². The molecule has 4 heteroatoms. The second-order valence-electron chi connectivity index (χ2n) is 4.15. The van der Waals surface area contributed by atoms with Gasteiger partial charge in [0.15, 0.2) is 0 Å². The van der Waals surface area contributed by atoms with E-state index in [2.05, 4.69) is 17.4 Å². The molecular weight excluding hydrogens is 216 g/mol. The van der Waals surface area contributed by atoms with Crippen molar-refractivity contribution in [1.29, 1.82) is 0 Å². The lowest BCUT2D eigenvalue weighted by atomic mass is 10.1. The molecular formula is C13H22N2O2. The highest BCUT2D eigenvalue weighted by Gasteiger charge is 2.05. The van der Waals surface area contributed by atoms with Crippen LogP contribution in [0.4, 0.5) is 5.69 Å². The summed E-state index contributed by atoms with van der Waals surface area (Å²) in [6, 6.07) is 6.19. The highest BCUT2D eigenvalue weighted by atomic mass is 16.5. The summed E-state index contributed by atoms with van der Waals surface area (Å²) in [6.45, 7) is 1.86. The molecule has 96 valence electrons. The minimum absolute atomic E-state index is 0.232. The van der Waals surface area contributed by atoms with Crippen LogP contribution in [0.3, 0.4) is 0 Å². The first kappa shape index (κ1) is 13.8. The monoisotopic (exact) mass is 238 g/mol. The third-order valence-electron chi connectivity index (χ3n) is 2.57. The molecule has 2 N–H and O–H groups in total. The van der Waals surface area contributed by atoms with E-state index in [1.54, 1.807) is 7.11 Å². The van der Waals surface area contributed by atoms with Crippen LogP contribution < -0.4 is 15.0 Å². The molecule has 0 amide bonds. The van der Waals surface area contributed by atoms with Gasteiger partial charge in [0.1, 0.15) is 5.75 Å². The van der Waals surface area contributed by atoms with Gasteiger partial charge in [-0.25, -0.2) is 0 Å². The van der Waals surface area contributed by atoms with Gasteiger partial charge in [-0.2, -0.15) is 0 Å². The van der Waals surface area contributed by atoms with Gasteiger partial charge >= 0.3 is 0 Å². The van der Waals surface area contributed by atoms with Crippen molar-refractivity contribution < 1.29 is 9.84 Å².